The van der Waals surface area contributed by atoms with Crippen LogP contribution in [0.15, 0.2) is 14.7 Å². The van der Waals surface area contributed by atoms with Crippen LogP contribution in [0.4, 0.5) is 0 Å². The lowest BCUT2D eigenvalue weighted by Crippen LogP contribution is -2.29. The normalized spacial score (nSPS) is 12.4. The summed E-state index contributed by atoms with van der Waals surface area (Å²) in [6.07, 6.45) is 12.2. The minimum Gasteiger partial charge on any atom is -0.468 e. The highest BCUT2D eigenvalue weighted by Gasteiger charge is 2.22. The van der Waals surface area contributed by atoms with Gasteiger partial charge in [-0.15, -0.1) is 0 Å². The van der Waals surface area contributed by atoms with Crippen molar-refractivity contribution in [3.05, 3.63) is 20.8 Å². The second kappa shape index (κ2) is 12.7. The van der Waals surface area contributed by atoms with Gasteiger partial charge in [0.05, 0.1) is 7.11 Å². The SMILES string of the molecule is CCCCCCCCCCCCn1c(S[C@@H](C)C(=O)OC)nc2c1c(=O)[nH]c(=O)n2C. The Bertz CT molecular complexity index is 963. The first-order valence-electron chi connectivity index (χ1n) is 11.3. The third-order valence-corrected chi connectivity index (χ3v) is 6.59. The fourth-order valence-corrected chi connectivity index (χ4v) is 4.60. The van der Waals surface area contributed by atoms with Crippen LogP contribution < -0.4 is 11.2 Å². The second-order valence-corrected chi connectivity index (χ2v) is 9.31. The Kier molecular flexibility index (Phi) is 10.4. The summed E-state index contributed by atoms with van der Waals surface area (Å²) in [5.41, 5.74) is -0.244. The summed E-state index contributed by atoms with van der Waals surface area (Å²) in [6, 6.07) is 0. The van der Waals surface area contributed by atoms with Crippen molar-refractivity contribution in [2.45, 2.75) is 95.0 Å². The predicted octanol–water partition coefficient (Wildman–Crippen LogP) is 4.00. The summed E-state index contributed by atoms with van der Waals surface area (Å²) in [5.74, 6) is -0.356. The number of carbonyl (C=O) groups excluding carboxylic acids is 1. The lowest BCUT2D eigenvalue weighted by molar-refractivity contribution is -0.139. The van der Waals surface area contributed by atoms with E-state index in [0.29, 0.717) is 22.9 Å². The highest BCUT2D eigenvalue weighted by Crippen LogP contribution is 2.26. The van der Waals surface area contributed by atoms with Crippen molar-refractivity contribution in [3.63, 3.8) is 0 Å². The molecule has 0 amide bonds. The van der Waals surface area contributed by atoms with E-state index in [-0.39, 0.29) is 5.97 Å². The number of aromatic nitrogens is 4. The molecule has 0 saturated heterocycles. The molecule has 0 fully saturated rings. The van der Waals surface area contributed by atoms with Gasteiger partial charge in [0.1, 0.15) is 5.25 Å². The Morgan fingerprint density at radius 3 is 2.23 bits per heavy atom. The molecule has 1 atom stereocenters. The number of nitrogens with zero attached hydrogens (tertiary/aromatic N) is 3. The molecule has 0 radical (unpaired) electrons. The van der Waals surface area contributed by atoms with E-state index in [1.54, 1.807) is 14.0 Å². The minimum absolute atomic E-state index is 0.334. The number of nitrogens with one attached hydrogen (secondary N) is 1. The summed E-state index contributed by atoms with van der Waals surface area (Å²) in [7, 11) is 2.93. The van der Waals surface area contributed by atoms with Crippen LogP contribution in [0.3, 0.4) is 0 Å². The number of esters is 1. The third kappa shape index (κ3) is 6.98. The standard InChI is InChI=1S/C22H36N4O4S/c1-5-6-7-8-9-10-11-12-13-14-15-26-17-18(25(3)21(29)24-19(17)27)23-22(26)31-16(2)20(28)30-4/h16H,5-15H2,1-4H3,(H,24,27,29)/t16-/m0/s1. The second-order valence-electron chi connectivity index (χ2n) is 8.00. The van der Waals surface area contributed by atoms with E-state index < -0.39 is 16.5 Å². The number of aromatic amines is 1. The highest BCUT2D eigenvalue weighted by atomic mass is 32.2. The van der Waals surface area contributed by atoms with Crippen molar-refractivity contribution in [2.75, 3.05) is 7.11 Å². The molecule has 2 heterocycles. The van der Waals surface area contributed by atoms with Gasteiger partial charge in [-0.05, 0) is 13.3 Å². The summed E-state index contributed by atoms with van der Waals surface area (Å²) in [5, 5.41) is 0.0832. The molecule has 0 spiro atoms. The van der Waals surface area contributed by atoms with E-state index in [1.807, 2.05) is 4.57 Å². The number of unbranched alkanes of at least 4 members (excludes halogenated alkanes) is 9. The van der Waals surface area contributed by atoms with Crippen LogP contribution in [0, 0.1) is 0 Å². The monoisotopic (exact) mass is 452 g/mol. The van der Waals surface area contributed by atoms with Crippen LogP contribution in [-0.4, -0.2) is 37.4 Å². The fraction of sp³-hybridized carbons (Fsp3) is 0.727. The highest BCUT2D eigenvalue weighted by molar-refractivity contribution is 8.00. The number of ether oxygens (including phenoxy) is 1. The molecule has 0 aliphatic carbocycles. The zero-order chi connectivity index (χ0) is 22.8. The van der Waals surface area contributed by atoms with Crippen LogP contribution in [0.25, 0.3) is 11.2 Å². The molecule has 174 valence electrons. The number of aryl methyl sites for hydroxylation is 2. The molecule has 2 aromatic rings. The van der Waals surface area contributed by atoms with Crippen molar-refractivity contribution in [1.82, 2.24) is 19.1 Å². The molecular weight excluding hydrogens is 416 g/mol. The van der Waals surface area contributed by atoms with E-state index in [4.69, 9.17) is 4.74 Å². The van der Waals surface area contributed by atoms with Crippen LogP contribution in [-0.2, 0) is 23.1 Å². The summed E-state index contributed by atoms with van der Waals surface area (Å²) < 4.78 is 7.98. The van der Waals surface area contributed by atoms with Crippen molar-refractivity contribution < 1.29 is 9.53 Å². The van der Waals surface area contributed by atoms with Crippen LogP contribution >= 0.6 is 11.8 Å². The van der Waals surface area contributed by atoms with Gasteiger partial charge in [0.15, 0.2) is 16.3 Å². The zero-order valence-corrected chi connectivity index (χ0v) is 20.1. The molecule has 2 aromatic heterocycles. The molecule has 9 heteroatoms. The number of fused-ring (bicyclic) bond motifs is 1. The first kappa shape index (κ1) is 25.2. The minimum atomic E-state index is -0.501. The Labute approximate surface area is 187 Å². The Morgan fingerprint density at radius 2 is 1.65 bits per heavy atom. The maximum atomic E-state index is 12.5. The van der Waals surface area contributed by atoms with Crippen LogP contribution in [0.1, 0.15) is 78.1 Å². The molecule has 31 heavy (non-hydrogen) atoms. The fourth-order valence-electron chi connectivity index (χ4n) is 3.64. The first-order valence-corrected chi connectivity index (χ1v) is 12.2. The Hall–Kier alpha value is -2.03. The van der Waals surface area contributed by atoms with E-state index in [0.717, 1.165) is 19.3 Å². The Morgan fingerprint density at radius 1 is 1.06 bits per heavy atom. The largest absolute Gasteiger partial charge is 0.468 e. The maximum absolute atomic E-state index is 12.5. The van der Waals surface area contributed by atoms with E-state index in [9.17, 15) is 14.4 Å². The van der Waals surface area contributed by atoms with E-state index in [1.165, 1.54) is 68.4 Å². The average molecular weight is 453 g/mol. The predicted molar refractivity (Wildman–Crippen MR) is 125 cm³/mol. The van der Waals surface area contributed by atoms with Gasteiger partial charge in [-0.2, -0.15) is 0 Å². The molecule has 8 nitrogen and oxygen atoms in total. The van der Waals surface area contributed by atoms with Gasteiger partial charge in [-0.3, -0.25) is 19.1 Å². The maximum Gasteiger partial charge on any atom is 0.329 e. The van der Waals surface area contributed by atoms with Crippen molar-refractivity contribution >= 4 is 28.9 Å². The van der Waals surface area contributed by atoms with Crippen molar-refractivity contribution in [1.29, 1.82) is 0 Å². The molecule has 1 N–H and O–H groups in total. The molecule has 0 bridgehead atoms. The van der Waals surface area contributed by atoms with Gasteiger partial charge in [-0.1, -0.05) is 76.5 Å². The lowest BCUT2D eigenvalue weighted by atomic mass is 10.1. The van der Waals surface area contributed by atoms with Crippen LogP contribution in [0.5, 0.6) is 0 Å². The topological polar surface area (TPSA) is 99.0 Å². The number of rotatable bonds is 14. The number of thioether (sulfide) groups is 1. The summed E-state index contributed by atoms with van der Waals surface area (Å²) in [4.78, 5) is 43.2. The molecule has 0 aliphatic rings. The van der Waals surface area contributed by atoms with Crippen molar-refractivity contribution in [2.24, 2.45) is 7.05 Å². The Balaban J connectivity index is 2.04. The number of methoxy groups -OCH3 is 1. The summed E-state index contributed by atoms with van der Waals surface area (Å²) >= 11 is 1.24. The van der Waals surface area contributed by atoms with Crippen LogP contribution in [0.2, 0.25) is 0 Å². The molecule has 0 aliphatic heterocycles. The van der Waals surface area contributed by atoms with Gasteiger partial charge < -0.3 is 9.30 Å². The third-order valence-electron chi connectivity index (χ3n) is 5.52. The average Bonchev–Trinajstić information content (AvgIpc) is 3.11. The lowest BCUT2D eigenvalue weighted by Gasteiger charge is -2.11. The molecule has 0 unspecified atom stereocenters. The van der Waals surface area contributed by atoms with Gasteiger partial charge in [0.25, 0.3) is 5.56 Å². The number of imidazole rings is 1. The summed E-state index contributed by atoms with van der Waals surface area (Å²) in [6.45, 7) is 4.59. The molecule has 0 aromatic carbocycles. The quantitative estimate of drug-likeness (QED) is 0.264. The van der Waals surface area contributed by atoms with Gasteiger partial charge in [0.2, 0.25) is 0 Å². The molecule has 2 rings (SSSR count). The van der Waals surface area contributed by atoms with Gasteiger partial charge >= 0.3 is 11.7 Å². The smallest absolute Gasteiger partial charge is 0.329 e. The first-order chi connectivity index (χ1) is 14.9. The molecular formula is C22H36N4O4S. The van der Waals surface area contributed by atoms with Gasteiger partial charge in [0, 0.05) is 13.6 Å². The zero-order valence-electron chi connectivity index (χ0n) is 19.2. The van der Waals surface area contributed by atoms with Gasteiger partial charge in [-0.25, -0.2) is 9.78 Å². The number of hydrogen-bond acceptors (Lipinski definition) is 6. The molecule has 0 saturated carbocycles. The number of carbonyl (C=O) groups is 1. The van der Waals surface area contributed by atoms with E-state index in [2.05, 4.69) is 16.9 Å². The number of hydrogen-bond donors (Lipinski definition) is 1. The van der Waals surface area contributed by atoms with Crippen molar-refractivity contribution in [3.8, 4) is 0 Å². The number of H-pyrrole nitrogens is 1. The van der Waals surface area contributed by atoms with E-state index >= 15 is 0 Å².